The molecule has 24 N–H and O–H groups in total. The van der Waals surface area contributed by atoms with Crippen LogP contribution in [-0.2, 0) is 99.3 Å². The fraction of sp³-hybridized carbons (Fsp3) is 0.679. The molecule has 124 heavy (non-hydrogen) atoms. The Bertz CT molecular complexity index is 3670. The summed E-state index contributed by atoms with van der Waals surface area (Å²) in [4.78, 5) is 195. The van der Waals surface area contributed by atoms with E-state index in [1.165, 1.54) is 40.2 Å². The van der Waals surface area contributed by atoms with Crippen molar-refractivity contribution in [1.29, 1.82) is 0 Å². The number of benzene rings is 2. The molecule has 0 aliphatic carbocycles. The number of hydrogen-bond acceptors (Lipinski definition) is 29. The first-order valence-corrected chi connectivity index (χ1v) is 44.6. The van der Waals surface area contributed by atoms with Crippen LogP contribution in [0.5, 0.6) is 0 Å². The molecule has 2 aromatic carbocycles. The predicted molar refractivity (Wildman–Crippen MR) is 455 cm³/mol. The first-order valence-electron chi connectivity index (χ1n) is 42.3. The zero-order valence-electron chi connectivity index (χ0n) is 70.6. The highest BCUT2D eigenvalue weighted by molar-refractivity contribution is 7.98. The summed E-state index contributed by atoms with van der Waals surface area (Å²) in [5, 5.41) is 112. The van der Waals surface area contributed by atoms with Gasteiger partial charge in [-0.2, -0.15) is 23.5 Å². The minimum absolute atomic E-state index is 0.0283. The van der Waals surface area contributed by atoms with Crippen molar-refractivity contribution in [2.45, 2.75) is 213 Å². The van der Waals surface area contributed by atoms with Crippen molar-refractivity contribution in [2.24, 2.45) is 17.4 Å². The number of nitrogens with zero attached hydrogens (tertiary/aromatic N) is 2. The van der Waals surface area contributed by atoms with Gasteiger partial charge in [0.2, 0.25) is 70.9 Å². The van der Waals surface area contributed by atoms with Gasteiger partial charge >= 0.3 is 11.9 Å². The van der Waals surface area contributed by atoms with E-state index in [2.05, 4.69) is 63.8 Å². The molecule has 2 saturated heterocycles. The maximum absolute atomic E-state index is 15.1. The van der Waals surface area contributed by atoms with Gasteiger partial charge in [0.25, 0.3) is 0 Å². The van der Waals surface area contributed by atoms with Crippen LogP contribution in [0.15, 0.2) is 54.6 Å². The molecule has 696 valence electrons. The smallest absolute Gasteiger partial charge is 0.327 e. The van der Waals surface area contributed by atoms with E-state index in [1.54, 1.807) is 36.4 Å². The number of aliphatic hydroxyl groups excluding tert-OH is 6. The molecular formula is C81H130N16O25S2. The van der Waals surface area contributed by atoms with Gasteiger partial charge < -0.3 is 140 Å². The molecule has 2 aromatic rings. The highest BCUT2D eigenvalue weighted by Gasteiger charge is 2.46. The van der Waals surface area contributed by atoms with E-state index in [0.29, 0.717) is 76.0 Å². The number of thioether (sulfide) groups is 2. The standard InChI is InChI=1S/C81H130N16O25S2/c1-3-4-17-55(89-67(104)24-23-65(102)86-28-11-34-120-36-38-122-39-37-121-35-12-29-87-73(110)56(90-72(109)54(42-84-30-26-82)43-85-31-27-83)20-22-66(103)88-44-63(100)70(107)71(108)64(101)45-98)74(111)93-59-48-123-46-52-15-8-16-53(40-52)47-124-49-60(81(118)119)94-76(113)58(41-51-13-6-5-7-14-51)92-75(112)57(21-25-68(105)106)91-78(115)69(50(2)99)95-77(114)61-18-9-32-96(61)80(117)62-19-10-33-97(62)79(59)116/h5-8,13-16,40,50,54-64,69-71,84-85,98-101,107-108H,3-4,9-12,17-39,41-49,82-83H2,1-2H3,(H,86,102)(H,87,110)(H,88,103)(H,89,104)(H,90,109)(H,91,115)(H,92,112)(H,93,111)(H,94,113)(H,95,114)(H,105,106)(H,118,119)/t50-,55+,56+,57+,58+,59+,60+,61+,62+,63+,64-,69+,70-,71-/m1/s1. The summed E-state index contributed by atoms with van der Waals surface area (Å²) in [5.41, 5.74) is 13.3. The molecule has 0 aromatic heterocycles. The molecule has 0 unspecified atom stereocenters. The molecule has 5 rings (SSSR count). The molecule has 2 fully saturated rings. The van der Waals surface area contributed by atoms with Crippen LogP contribution in [0.3, 0.4) is 0 Å². The summed E-state index contributed by atoms with van der Waals surface area (Å²) in [6.07, 6.45) is -8.25. The molecular weight excluding hydrogens is 1660 g/mol. The summed E-state index contributed by atoms with van der Waals surface area (Å²) >= 11 is 2.49. The average Bonchev–Trinajstić information content (AvgIpc) is 1.64. The summed E-state index contributed by atoms with van der Waals surface area (Å²) in [7, 11) is 0. The Kier molecular flexibility index (Phi) is 50.5. The van der Waals surface area contributed by atoms with Gasteiger partial charge in [0, 0.05) is 140 Å². The summed E-state index contributed by atoms with van der Waals surface area (Å²) in [6.45, 7) is 5.44. The molecule has 3 aliphatic rings. The van der Waals surface area contributed by atoms with E-state index in [9.17, 15) is 98.1 Å². The molecule has 3 heterocycles. The Morgan fingerprint density at radius 1 is 0.556 bits per heavy atom. The lowest BCUT2D eigenvalue weighted by molar-refractivity contribution is -0.148. The second kappa shape index (κ2) is 59.2. The summed E-state index contributed by atoms with van der Waals surface area (Å²) in [6, 6.07) is 3.42. The van der Waals surface area contributed by atoms with Gasteiger partial charge in [-0.1, -0.05) is 74.4 Å². The Hall–Kier alpha value is -8.80. The molecule has 12 amide bonds. The van der Waals surface area contributed by atoms with Crippen LogP contribution in [0, 0.1) is 5.92 Å². The van der Waals surface area contributed by atoms with E-state index in [4.69, 9.17) is 30.8 Å². The van der Waals surface area contributed by atoms with E-state index in [0.717, 1.165) is 11.1 Å². The largest absolute Gasteiger partial charge is 0.481 e. The van der Waals surface area contributed by atoms with Gasteiger partial charge in [-0.15, -0.1) is 0 Å². The Morgan fingerprint density at radius 2 is 1.12 bits per heavy atom. The SMILES string of the molecule is CCCC[C@H](NC(=O)CCC(=O)NCCCOCCOCCOCCCNC(=O)[C@H](CCC(=O)NC[C@H](O)[C@@H](O)[C@H](O)[C@H](O)CO)NC(=O)C(CNCCN)CNCCN)C(=O)N[C@H]1CSCc2cccc(c2)CSC[C@@H](C(=O)O)NC(=O)[C@H](Cc2ccccc2)NC(=O)[C@H](CCC(=O)O)NC(=O)[C@H]([C@@H](C)O)NC(=O)[C@@H]2CCCN2C(=O)[C@@H]2CCCN2C1=O. The molecule has 2 bridgehead atoms. The van der Waals surface area contributed by atoms with Crippen LogP contribution in [0.1, 0.15) is 127 Å². The quantitative estimate of drug-likeness (QED) is 0.0274. The van der Waals surface area contributed by atoms with Crippen molar-refractivity contribution in [1.82, 2.24) is 73.6 Å². The zero-order valence-corrected chi connectivity index (χ0v) is 72.2. The zero-order chi connectivity index (χ0) is 90.9. The number of nitrogens with two attached hydrogens (primary N) is 2. The van der Waals surface area contributed by atoms with E-state index in [-0.39, 0.29) is 148 Å². The van der Waals surface area contributed by atoms with Crippen molar-refractivity contribution in [3.63, 3.8) is 0 Å². The number of hydrogen-bond donors (Lipinski definition) is 22. The lowest BCUT2D eigenvalue weighted by Crippen LogP contribution is -2.61. The highest BCUT2D eigenvalue weighted by atomic mass is 32.2. The number of rotatable bonds is 50. The Morgan fingerprint density at radius 3 is 1.73 bits per heavy atom. The van der Waals surface area contributed by atoms with Crippen LogP contribution in [0.4, 0.5) is 0 Å². The normalized spacial score (nSPS) is 20.8. The first-order chi connectivity index (χ1) is 59.5. The van der Waals surface area contributed by atoms with Gasteiger partial charge in [0.1, 0.15) is 72.7 Å². The molecule has 43 heteroatoms. The predicted octanol–water partition coefficient (Wildman–Crippen LogP) is -5.81. The maximum Gasteiger partial charge on any atom is 0.327 e. The lowest BCUT2D eigenvalue weighted by Gasteiger charge is -2.34. The van der Waals surface area contributed by atoms with Crippen LogP contribution in [-0.4, -0.2) is 348 Å². The second-order valence-corrected chi connectivity index (χ2v) is 32.6. The number of carboxylic acid groups (broad SMARTS) is 2. The molecule has 41 nitrogen and oxygen atoms in total. The molecule has 0 spiro atoms. The van der Waals surface area contributed by atoms with Crippen LogP contribution >= 0.6 is 23.5 Å². The molecule has 0 saturated carbocycles. The minimum Gasteiger partial charge on any atom is -0.481 e. The first kappa shape index (κ1) is 106. The second-order valence-electron chi connectivity index (χ2n) is 30.5. The fourth-order valence-corrected chi connectivity index (χ4v) is 15.6. The van der Waals surface area contributed by atoms with Crippen LogP contribution in [0.25, 0.3) is 0 Å². The van der Waals surface area contributed by atoms with E-state index < -0.39 is 200 Å². The number of aliphatic hydroxyl groups is 6. The van der Waals surface area contributed by atoms with Crippen molar-refractivity contribution >= 4 is 106 Å². The highest BCUT2D eigenvalue weighted by Crippen LogP contribution is 2.28. The average molecular weight is 1790 g/mol. The number of unbranched alkanes of at least 4 members (excludes halogenated alkanes) is 1. The molecule has 0 radical (unpaired) electrons. The van der Waals surface area contributed by atoms with Gasteiger partial charge in [-0.05, 0) is 81.4 Å². The van der Waals surface area contributed by atoms with Gasteiger partial charge in [-0.25, -0.2) is 4.79 Å². The van der Waals surface area contributed by atoms with Gasteiger partial charge in [0.05, 0.1) is 51.2 Å². The molecule has 14 atom stereocenters. The third-order valence-electron chi connectivity index (χ3n) is 20.5. The number of ether oxygens (including phenoxy) is 3. The topological polar surface area (TPSA) is 631 Å². The lowest BCUT2D eigenvalue weighted by atomic mass is 10.0. The maximum atomic E-state index is 15.1. The van der Waals surface area contributed by atoms with E-state index >= 15 is 4.79 Å². The number of fused-ring (bicyclic) bond motifs is 4. The Labute approximate surface area is 730 Å². The number of aliphatic carboxylic acids is 2. The monoisotopic (exact) mass is 1790 g/mol. The summed E-state index contributed by atoms with van der Waals surface area (Å²) in [5.74, 6) is -11.6. The number of carbonyl (C=O) groups excluding carboxylic acids is 12. The van der Waals surface area contributed by atoms with Crippen molar-refractivity contribution in [3.8, 4) is 0 Å². The van der Waals surface area contributed by atoms with Gasteiger partial charge in [-0.3, -0.25) is 62.3 Å². The summed E-state index contributed by atoms with van der Waals surface area (Å²) < 4.78 is 16.9. The Balaban J connectivity index is 1.14. The number of nitrogens with one attached hydrogen (secondary N) is 12. The van der Waals surface area contributed by atoms with E-state index in [1.807, 2.05) is 25.1 Å². The number of amides is 12. The number of carboxylic acids is 2. The number of carbonyl (C=O) groups is 14. The molecule has 3 aliphatic heterocycles. The fourth-order valence-electron chi connectivity index (χ4n) is 13.6. The third kappa shape index (κ3) is 39.0. The van der Waals surface area contributed by atoms with Crippen molar-refractivity contribution in [3.05, 3.63) is 71.3 Å². The minimum atomic E-state index is -1.91. The van der Waals surface area contributed by atoms with Gasteiger partial charge in [0.15, 0.2) is 0 Å². The van der Waals surface area contributed by atoms with Crippen LogP contribution in [0.2, 0.25) is 0 Å². The van der Waals surface area contributed by atoms with Crippen molar-refractivity contribution < 1.29 is 122 Å². The van der Waals surface area contributed by atoms with Crippen molar-refractivity contribution in [2.75, 3.05) is 130 Å². The van der Waals surface area contributed by atoms with Crippen LogP contribution < -0.4 is 75.3 Å². The third-order valence-corrected chi connectivity index (χ3v) is 22.8.